The van der Waals surface area contributed by atoms with Crippen molar-refractivity contribution in [1.82, 2.24) is 0 Å². The fourth-order valence-electron chi connectivity index (χ4n) is 1.94. The van der Waals surface area contributed by atoms with Gasteiger partial charge in [0.2, 0.25) is 0 Å². The Bertz CT molecular complexity index is 628. The zero-order valence-corrected chi connectivity index (χ0v) is 12.1. The molecule has 0 bridgehead atoms. The number of amides is 1. The Morgan fingerprint density at radius 1 is 1.19 bits per heavy atom. The van der Waals surface area contributed by atoms with Gasteiger partial charge in [-0.3, -0.25) is 4.79 Å². The summed E-state index contributed by atoms with van der Waals surface area (Å²) in [5.41, 5.74) is 1.11. The van der Waals surface area contributed by atoms with Crippen molar-refractivity contribution < 1.29 is 13.9 Å². The Morgan fingerprint density at radius 2 is 1.86 bits per heavy atom. The first-order valence-corrected chi connectivity index (χ1v) is 6.89. The van der Waals surface area contributed by atoms with E-state index < -0.39 is 11.9 Å². The van der Waals surface area contributed by atoms with Crippen LogP contribution in [0.5, 0.6) is 5.75 Å². The van der Waals surface area contributed by atoms with Gasteiger partial charge in [0.1, 0.15) is 11.6 Å². The van der Waals surface area contributed by atoms with Gasteiger partial charge in [0, 0.05) is 0 Å². The highest BCUT2D eigenvalue weighted by atomic mass is 19.1. The summed E-state index contributed by atoms with van der Waals surface area (Å²) >= 11 is 0. The van der Waals surface area contributed by atoms with Crippen molar-refractivity contribution in [2.24, 2.45) is 0 Å². The van der Waals surface area contributed by atoms with Crippen LogP contribution in [-0.4, -0.2) is 12.0 Å². The third-order valence-corrected chi connectivity index (χ3v) is 3.16. The second-order valence-electron chi connectivity index (χ2n) is 4.75. The number of aryl methyl sites for hydroxylation is 1. The number of ether oxygens (including phenoxy) is 1. The lowest BCUT2D eigenvalue weighted by atomic mass is 10.2. The van der Waals surface area contributed by atoms with Gasteiger partial charge >= 0.3 is 0 Å². The monoisotopic (exact) mass is 287 g/mol. The molecule has 4 heteroatoms. The molecule has 0 aromatic heterocycles. The van der Waals surface area contributed by atoms with E-state index in [4.69, 9.17) is 4.74 Å². The van der Waals surface area contributed by atoms with Crippen LogP contribution in [-0.2, 0) is 4.79 Å². The number of anilines is 1. The van der Waals surface area contributed by atoms with Crippen LogP contribution >= 0.6 is 0 Å². The SMILES string of the molecule is CC[C@@H](Oc1ccccc1C)C(=O)Nc1ccccc1F. The number of carbonyl (C=O) groups excluding carboxylic acids is 1. The van der Waals surface area contributed by atoms with Crippen molar-refractivity contribution in [3.8, 4) is 5.75 Å². The van der Waals surface area contributed by atoms with Crippen molar-refractivity contribution >= 4 is 11.6 Å². The highest BCUT2D eigenvalue weighted by Crippen LogP contribution is 2.20. The lowest BCUT2D eigenvalue weighted by Crippen LogP contribution is -2.32. The van der Waals surface area contributed by atoms with Gasteiger partial charge < -0.3 is 10.1 Å². The molecule has 0 heterocycles. The third kappa shape index (κ3) is 3.81. The molecule has 0 radical (unpaired) electrons. The average molecular weight is 287 g/mol. The van der Waals surface area contributed by atoms with E-state index in [1.807, 2.05) is 38.1 Å². The summed E-state index contributed by atoms with van der Waals surface area (Å²) in [6.07, 6.45) is -0.167. The highest BCUT2D eigenvalue weighted by molar-refractivity contribution is 5.94. The molecule has 110 valence electrons. The van der Waals surface area contributed by atoms with Crippen LogP contribution in [0.25, 0.3) is 0 Å². The van der Waals surface area contributed by atoms with Crippen LogP contribution in [0, 0.1) is 12.7 Å². The number of hydrogen-bond acceptors (Lipinski definition) is 2. The first-order valence-electron chi connectivity index (χ1n) is 6.89. The van der Waals surface area contributed by atoms with E-state index in [1.165, 1.54) is 12.1 Å². The van der Waals surface area contributed by atoms with Crippen LogP contribution < -0.4 is 10.1 Å². The maximum Gasteiger partial charge on any atom is 0.265 e. The molecule has 2 aromatic carbocycles. The van der Waals surface area contributed by atoms with E-state index >= 15 is 0 Å². The van der Waals surface area contributed by atoms with Crippen molar-refractivity contribution in [3.05, 3.63) is 59.9 Å². The Hall–Kier alpha value is -2.36. The molecule has 0 unspecified atom stereocenters. The first kappa shape index (κ1) is 15.0. The summed E-state index contributed by atoms with van der Waals surface area (Å²) < 4.78 is 19.3. The number of halogens is 1. The van der Waals surface area contributed by atoms with Crippen LogP contribution in [0.4, 0.5) is 10.1 Å². The summed E-state index contributed by atoms with van der Waals surface area (Å²) in [5, 5.41) is 2.56. The quantitative estimate of drug-likeness (QED) is 0.905. The van der Waals surface area contributed by atoms with Gasteiger partial charge in [-0.05, 0) is 37.1 Å². The minimum atomic E-state index is -0.661. The molecule has 1 atom stereocenters. The topological polar surface area (TPSA) is 38.3 Å². The summed E-state index contributed by atoms with van der Waals surface area (Å²) in [4.78, 5) is 12.2. The van der Waals surface area contributed by atoms with Gasteiger partial charge in [0.25, 0.3) is 5.91 Å². The van der Waals surface area contributed by atoms with Gasteiger partial charge in [-0.1, -0.05) is 37.3 Å². The molecular formula is C17H18FNO2. The van der Waals surface area contributed by atoms with Crippen molar-refractivity contribution in [1.29, 1.82) is 0 Å². The van der Waals surface area contributed by atoms with Crippen LogP contribution in [0.3, 0.4) is 0 Å². The molecule has 0 spiro atoms. The van der Waals surface area contributed by atoms with Crippen molar-refractivity contribution in [2.75, 3.05) is 5.32 Å². The van der Waals surface area contributed by atoms with Gasteiger partial charge in [-0.25, -0.2) is 4.39 Å². The van der Waals surface area contributed by atoms with E-state index in [0.717, 1.165) is 5.56 Å². The molecule has 1 N–H and O–H groups in total. The van der Waals surface area contributed by atoms with Crippen molar-refractivity contribution in [3.63, 3.8) is 0 Å². The minimum absolute atomic E-state index is 0.161. The van der Waals surface area contributed by atoms with Crippen molar-refractivity contribution in [2.45, 2.75) is 26.4 Å². The maximum atomic E-state index is 13.6. The van der Waals surface area contributed by atoms with E-state index in [1.54, 1.807) is 12.1 Å². The number of para-hydroxylation sites is 2. The number of hydrogen-bond donors (Lipinski definition) is 1. The minimum Gasteiger partial charge on any atom is -0.480 e. The summed E-state index contributed by atoms with van der Waals surface area (Å²) in [5.74, 6) is -0.157. The Kier molecular flexibility index (Phi) is 4.93. The second-order valence-corrected chi connectivity index (χ2v) is 4.75. The lowest BCUT2D eigenvalue weighted by Gasteiger charge is -2.18. The molecule has 1 amide bonds. The van der Waals surface area contributed by atoms with Crippen LogP contribution in [0.2, 0.25) is 0 Å². The molecular weight excluding hydrogens is 269 g/mol. The molecule has 0 aliphatic carbocycles. The third-order valence-electron chi connectivity index (χ3n) is 3.16. The Labute approximate surface area is 123 Å². The second kappa shape index (κ2) is 6.88. The zero-order valence-electron chi connectivity index (χ0n) is 12.1. The smallest absolute Gasteiger partial charge is 0.265 e. The number of nitrogens with one attached hydrogen (secondary N) is 1. The van der Waals surface area contributed by atoms with Crippen LogP contribution in [0.15, 0.2) is 48.5 Å². The van der Waals surface area contributed by atoms with Gasteiger partial charge in [-0.2, -0.15) is 0 Å². The highest BCUT2D eigenvalue weighted by Gasteiger charge is 2.20. The summed E-state index contributed by atoms with van der Waals surface area (Å²) in [6, 6.07) is 13.6. The molecule has 21 heavy (non-hydrogen) atoms. The van der Waals surface area contributed by atoms with Gasteiger partial charge in [-0.15, -0.1) is 0 Å². The fourth-order valence-corrected chi connectivity index (χ4v) is 1.94. The molecule has 2 rings (SSSR count). The first-order chi connectivity index (χ1) is 10.1. The average Bonchev–Trinajstić information content (AvgIpc) is 2.48. The number of benzene rings is 2. The molecule has 0 fully saturated rings. The van der Waals surface area contributed by atoms with E-state index in [9.17, 15) is 9.18 Å². The predicted molar refractivity (Wildman–Crippen MR) is 80.9 cm³/mol. The Balaban J connectivity index is 2.09. The maximum absolute atomic E-state index is 13.6. The molecule has 0 saturated heterocycles. The van der Waals surface area contributed by atoms with E-state index in [2.05, 4.69) is 5.32 Å². The molecule has 3 nitrogen and oxygen atoms in total. The summed E-state index contributed by atoms with van der Waals surface area (Å²) in [7, 11) is 0. The number of carbonyl (C=O) groups is 1. The zero-order chi connectivity index (χ0) is 15.2. The Morgan fingerprint density at radius 3 is 2.52 bits per heavy atom. The normalized spacial score (nSPS) is 11.8. The lowest BCUT2D eigenvalue weighted by molar-refractivity contribution is -0.122. The fraction of sp³-hybridized carbons (Fsp3) is 0.235. The number of rotatable bonds is 5. The molecule has 0 aliphatic rings. The van der Waals surface area contributed by atoms with Crippen LogP contribution in [0.1, 0.15) is 18.9 Å². The summed E-state index contributed by atoms with van der Waals surface area (Å²) in [6.45, 7) is 3.76. The van der Waals surface area contributed by atoms with E-state index in [-0.39, 0.29) is 11.6 Å². The van der Waals surface area contributed by atoms with Gasteiger partial charge in [0.15, 0.2) is 6.10 Å². The molecule has 0 saturated carbocycles. The predicted octanol–water partition coefficient (Wildman–Crippen LogP) is 3.93. The standard InChI is InChI=1S/C17H18FNO2/c1-3-15(21-16-11-7-4-8-12(16)2)17(20)19-14-10-6-5-9-13(14)18/h4-11,15H,3H2,1-2H3,(H,19,20)/t15-/m1/s1. The molecule has 0 aliphatic heterocycles. The van der Waals surface area contributed by atoms with E-state index in [0.29, 0.717) is 12.2 Å². The van der Waals surface area contributed by atoms with Gasteiger partial charge in [0.05, 0.1) is 5.69 Å². The largest absolute Gasteiger partial charge is 0.480 e. The molecule has 2 aromatic rings.